The van der Waals surface area contributed by atoms with E-state index in [1.54, 1.807) is 0 Å². The van der Waals surface area contributed by atoms with Gasteiger partial charge in [0.2, 0.25) is 0 Å². The maximum absolute atomic E-state index is 5.47. The molecular weight excluding hydrogens is 402 g/mol. The zero-order chi connectivity index (χ0) is 22.6. The molecule has 1 aliphatic heterocycles. The molecule has 0 spiro atoms. The van der Waals surface area contributed by atoms with Crippen molar-refractivity contribution < 1.29 is 4.74 Å². The minimum absolute atomic E-state index is 0.760. The van der Waals surface area contributed by atoms with Gasteiger partial charge >= 0.3 is 0 Å². The van der Waals surface area contributed by atoms with Gasteiger partial charge in [-0.2, -0.15) is 0 Å². The topological polar surface area (TPSA) is 70.8 Å². The minimum Gasteiger partial charge on any atom is -0.382 e. The fourth-order valence-electron chi connectivity index (χ4n) is 3.98. The van der Waals surface area contributed by atoms with Crippen molar-refractivity contribution in [2.45, 2.75) is 46.7 Å². The minimum atomic E-state index is 0.760. The Morgan fingerprint density at radius 3 is 2.78 bits per heavy atom. The fraction of sp³-hybridized carbons (Fsp3) is 0.625. The molecule has 8 nitrogen and oxygen atoms in total. The number of ether oxygens (including phenoxy) is 1. The van der Waals surface area contributed by atoms with Gasteiger partial charge in [0.15, 0.2) is 5.96 Å². The van der Waals surface area contributed by atoms with Gasteiger partial charge < -0.3 is 19.5 Å². The first-order valence-electron chi connectivity index (χ1n) is 11.9. The first kappa shape index (κ1) is 24.2. The SMILES string of the molecule is CCOCCCN=C(NCCn1cnnc1CC)N1CCN(Cc2cccc(C)c2)CC1. The lowest BCUT2D eigenvalue weighted by Gasteiger charge is -2.36. The summed E-state index contributed by atoms with van der Waals surface area (Å²) < 4.78 is 7.58. The third kappa shape index (κ3) is 7.60. The molecule has 2 heterocycles. The number of aliphatic imine (C=N–C) groups is 1. The predicted octanol–water partition coefficient (Wildman–Crippen LogP) is 2.34. The van der Waals surface area contributed by atoms with Crippen molar-refractivity contribution in [3.63, 3.8) is 0 Å². The third-order valence-electron chi connectivity index (χ3n) is 5.72. The number of guanidine groups is 1. The molecular formula is C24H39N7O. The molecule has 0 bridgehead atoms. The second-order valence-corrected chi connectivity index (χ2v) is 8.23. The van der Waals surface area contributed by atoms with Crippen LogP contribution in [-0.4, -0.2) is 83.0 Å². The molecule has 1 aromatic heterocycles. The molecule has 0 unspecified atom stereocenters. The van der Waals surface area contributed by atoms with Crippen molar-refractivity contribution in [2.75, 3.05) is 52.5 Å². The Balaban J connectivity index is 1.52. The molecule has 0 amide bonds. The van der Waals surface area contributed by atoms with Crippen LogP contribution in [0, 0.1) is 6.92 Å². The summed E-state index contributed by atoms with van der Waals surface area (Å²) in [5, 5.41) is 11.8. The maximum Gasteiger partial charge on any atom is 0.194 e. The van der Waals surface area contributed by atoms with Gasteiger partial charge in [0, 0.05) is 72.0 Å². The summed E-state index contributed by atoms with van der Waals surface area (Å²) in [4.78, 5) is 9.81. The van der Waals surface area contributed by atoms with Crippen LogP contribution in [0.15, 0.2) is 35.6 Å². The third-order valence-corrected chi connectivity index (χ3v) is 5.72. The van der Waals surface area contributed by atoms with Crippen molar-refractivity contribution in [2.24, 2.45) is 4.99 Å². The molecule has 176 valence electrons. The number of nitrogens with one attached hydrogen (secondary N) is 1. The second-order valence-electron chi connectivity index (χ2n) is 8.23. The van der Waals surface area contributed by atoms with Crippen molar-refractivity contribution in [3.05, 3.63) is 47.5 Å². The Morgan fingerprint density at radius 1 is 1.19 bits per heavy atom. The fourth-order valence-corrected chi connectivity index (χ4v) is 3.98. The Kier molecular flexibility index (Phi) is 9.97. The van der Waals surface area contributed by atoms with E-state index in [9.17, 15) is 0 Å². The van der Waals surface area contributed by atoms with Crippen LogP contribution in [-0.2, 0) is 24.2 Å². The number of hydrogen-bond donors (Lipinski definition) is 1. The molecule has 0 saturated carbocycles. The normalized spacial score (nSPS) is 15.3. The Bertz CT molecular complexity index is 827. The van der Waals surface area contributed by atoms with Gasteiger partial charge in [0.1, 0.15) is 12.2 Å². The summed E-state index contributed by atoms with van der Waals surface area (Å²) in [5.74, 6) is 2.02. The number of benzene rings is 1. The van der Waals surface area contributed by atoms with Crippen LogP contribution >= 0.6 is 0 Å². The summed E-state index contributed by atoms with van der Waals surface area (Å²) in [6.07, 6.45) is 3.64. The van der Waals surface area contributed by atoms with E-state index in [4.69, 9.17) is 9.73 Å². The van der Waals surface area contributed by atoms with Crippen LogP contribution in [0.1, 0.15) is 37.2 Å². The average Bonchev–Trinajstić information content (AvgIpc) is 3.26. The van der Waals surface area contributed by atoms with Gasteiger partial charge in [-0.3, -0.25) is 9.89 Å². The number of piperazine rings is 1. The maximum atomic E-state index is 5.47. The Morgan fingerprint density at radius 2 is 2.03 bits per heavy atom. The van der Waals surface area contributed by atoms with Crippen LogP contribution in [0.5, 0.6) is 0 Å². The summed E-state index contributed by atoms with van der Waals surface area (Å²) in [6.45, 7) is 15.3. The molecule has 8 heteroatoms. The van der Waals surface area contributed by atoms with Gasteiger partial charge in [-0.05, 0) is 25.8 Å². The van der Waals surface area contributed by atoms with Gasteiger partial charge in [-0.1, -0.05) is 36.8 Å². The molecule has 0 atom stereocenters. The first-order chi connectivity index (χ1) is 15.7. The van der Waals surface area contributed by atoms with Crippen molar-refractivity contribution in [1.29, 1.82) is 0 Å². The lowest BCUT2D eigenvalue weighted by Crippen LogP contribution is -2.52. The Labute approximate surface area is 192 Å². The molecule has 3 rings (SSSR count). The predicted molar refractivity (Wildman–Crippen MR) is 129 cm³/mol. The van der Waals surface area contributed by atoms with E-state index in [-0.39, 0.29) is 0 Å². The number of hydrogen-bond acceptors (Lipinski definition) is 5. The highest BCUT2D eigenvalue weighted by atomic mass is 16.5. The summed E-state index contributed by atoms with van der Waals surface area (Å²) in [5.41, 5.74) is 2.72. The van der Waals surface area contributed by atoms with Gasteiger partial charge in [-0.25, -0.2) is 0 Å². The summed E-state index contributed by atoms with van der Waals surface area (Å²) in [7, 11) is 0. The Hall–Kier alpha value is -2.45. The molecule has 1 aliphatic rings. The summed E-state index contributed by atoms with van der Waals surface area (Å²) >= 11 is 0. The lowest BCUT2D eigenvalue weighted by atomic mass is 10.1. The number of rotatable bonds is 11. The molecule has 32 heavy (non-hydrogen) atoms. The van der Waals surface area contributed by atoms with E-state index in [0.29, 0.717) is 0 Å². The van der Waals surface area contributed by atoms with E-state index < -0.39 is 0 Å². The smallest absolute Gasteiger partial charge is 0.194 e. The van der Waals surface area contributed by atoms with Crippen LogP contribution in [0.25, 0.3) is 0 Å². The van der Waals surface area contributed by atoms with Crippen LogP contribution in [0.3, 0.4) is 0 Å². The van der Waals surface area contributed by atoms with E-state index in [2.05, 4.69) is 68.0 Å². The number of aromatic nitrogens is 3. The second kappa shape index (κ2) is 13.2. The molecule has 1 N–H and O–H groups in total. The standard InChI is InChI=1S/C24H39N7O/c1-4-23-28-27-20-31(23)12-11-26-24(25-10-7-17-32-5-2)30-15-13-29(14-16-30)19-22-9-6-8-21(3)18-22/h6,8-9,18,20H,4-5,7,10-17,19H2,1-3H3,(H,25,26). The monoisotopic (exact) mass is 441 g/mol. The largest absolute Gasteiger partial charge is 0.382 e. The first-order valence-corrected chi connectivity index (χ1v) is 11.9. The van der Waals surface area contributed by atoms with Crippen LogP contribution in [0.2, 0.25) is 0 Å². The lowest BCUT2D eigenvalue weighted by molar-refractivity contribution is 0.146. The van der Waals surface area contributed by atoms with E-state index in [1.165, 1.54) is 11.1 Å². The van der Waals surface area contributed by atoms with Crippen molar-refractivity contribution >= 4 is 5.96 Å². The van der Waals surface area contributed by atoms with E-state index >= 15 is 0 Å². The molecule has 2 aromatic rings. The van der Waals surface area contributed by atoms with Crippen LogP contribution < -0.4 is 5.32 Å². The van der Waals surface area contributed by atoms with E-state index in [0.717, 1.165) is 90.2 Å². The molecule has 1 fully saturated rings. The highest BCUT2D eigenvalue weighted by Crippen LogP contribution is 2.10. The van der Waals surface area contributed by atoms with Crippen molar-refractivity contribution in [1.82, 2.24) is 29.9 Å². The zero-order valence-corrected chi connectivity index (χ0v) is 20.0. The molecule has 0 aliphatic carbocycles. The van der Waals surface area contributed by atoms with Gasteiger partial charge in [-0.15, -0.1) is 10.2 Å². The average molecular weight is 442 g/mol. The van der Waals surface area contributed by atoms with Gasteiger partial charge in [0.25, 0.3) is 0 Å². The van der Waals surface area contributed by atoms with Crippen molar-refractivity contribution in [3.8, 4) is 0 Å². The molecule has 1 saturated heterocycles. The highest BCUT2D eigenvalue weighted by Gasteiger charge is 2.20. The number of aryl methyl sites for hydroxylation is 2. The van der Waals surface area contributed by atoms with Crippen LogP contribution in [0.4, 0.5) is 0 Å². The van der Waals surface area contributed by atoms with E-state index in [1.807, 2.05) is 13.3 Å². The quantitative estimate of drug-likeness (QED) is 0.328. The zero-order valence-electron chi connectivity index (χ0n) is 20.0. The highest BCUT2D eigenvalue weighted by molar-refractivity contribution is 5.80. The van der Waals surface area contributed by atoms with Gasteiger partial charge in [0.05, 0.1) is 0 Å². The molecule has 0 radical (unpaired) electrons. The summed E-state index contributed by atoms with van der Waals surface area (Å²) in [6, 6.07) is 8.82. The molecule has 1 aromatic carbocycles. The number of nitrogens with zero attached hydrogens (tertiary/aromatic N) is 6.